The number of alkyl halides is 3. The minimum atomic E-state index is -4.41. The average molecular weight is 388 g/mol. The van der Waals surface area contributed by atoms with Gasteiger partial charge in [-0.05, 0) is 49.2 Å². The molecule has 1 N–H and O–H groups in total. The van der Waals surface area contributed by atoms with Crippen molar-refractivity contribution in [3.8, 4) is 12.3 Å². The van der Waals surface area contributed by atoms with Gasteiger partial charge in [-0.2, -0.15) is 13.2 Å². The Morgan fingerprint density at radius 2 is 1.68 bits per heavy atom. The van der Waals surface area contributed by atoms with Crippen LogP contribution in [-0.4, -0.2) is 22.2 Å². The maximum absolute atomic E-state index is 12.6. The third kappa shape index (κ3) is 5.95. The summed E-state index contributed by atoms with van der Waals surface area (Å²) in [5, 5.41) is 2.65. The zero-order chi connectivity index (χ0) is 20.9. The lowest BCUT2D eigenvalue weighted by molar-refractivity contribution is -0.137. The van der Waals surface area contributed by atoms with Crippen LogP contribution < -0.4 is 5.32 Å². The molecular weight excluding hydrogens is 369 g/mol. The molecule has 146 valence electrons. The van der Waals surface area contributed by atoms with Gasteiger partial charge in [-0.25, -0.2) is 0 Å². The van der Waals surface area contributed by atoms with E-state index in [2.05, 4.69) is 16.2 Å². The number of hydrogen-bond donors (Lipinski definition) is 1. The van der Waals surface area contributed by atoms with Crippen LogP contribution in [0.3, 0.4) is 0 Å². The summed E-state index contributed by atoms with van der Waals surface area (Å²) >= 11 is 0. The lowest BCUT2D eigenvalue weighted by Crippen LogP contribution is -2.42. The summed E-state index contributed by atoms with van der Waals surface area (Å²) in [4.78, 5) is 28.4. The predicted octanol–water partition coefficient (Wildman–Crippen LogP) is 3.60. The number of benzene rings is 1. The number of halogens is 3. The molecule has 1 amide bonds. The van der Waals surface area contributed by atoms with Crippen molar-refractivity contribution in [2.75, 3.05) is 0 Å². The molecule has 7 heteroatoms. The van der Waals surface area contributed by atoms with Crippen LogP contribution in [0.2, 0.25) is 0 Å². The first-order valence-electron chi connectivity index (χ1n) is 8.43. The number of Topliss-reactive ketones (excluding diaryl/α,β-unsaturated/α-hetero) is 1. The van der Waals surface area contributed by atoms with E-state index in [0.29, 0.717) is 11.1 Å². The van der Waals surface area contributed by atoms with Gasteiger partial charge < -0.3 is 5.32 Å². The van der Waals surface area contributed by atoms with Crippen molar-refractivity contribution in [3.63, 3.8) is 0 Å². The first kappa shape index (κ1) is 21.2. The third-order valence-corrected chi connectivity index (χ3v) is 3.93. The molecule has 28 heavy (non-hydrogen) atoms. The fourth-order valence-corrected chi connectivity index (χ4v) is 2.42. The van der Waals surface area contributed by atoms with Crippen molar-refractivity contribution in [2.24, 2.45) is 0 Å². The van der Waals surface area contributed by atoms with Crippen LogP contribution in [0.4, 0.5) is 13.2 Å². The van der Waals surface area contributed by atoms with Crippen molar-refractivity contribution < 1.29 is 22.8 Å². The van der Waals surface area contributed by atoms with Crippen LogP contribution in [0.25, 0.3) is 0 Å². The van der Waals surface area contributed by atoms with Crippen molar-refractivity contribution in [2.45, 2.75) is 38.4 Å². The van der Waals surface area contributed by atoms with Gasteiger partial charge in [0, 0.05) is 19.0 Å². The molecule has 4 nitrogen and oxygen atoms in total. The Morgan fingerprint density at radius 3 is 2.25 bits per heavy atom. The Morgan fingerprint density at radius 1 is 1.07 bits per heavy atom. The van der Waals surface area contributed by atoms with Gasteiger partial charge in [0.2, 0.25) is 0 Å². The van der Waals surface area contributed by atoms with Gasteiger partial charge in [0.1, 0.15) is 11.5 Å². The lowest BCUT2D eigenvalue weighted by Gasteiger charge is -2.19. The molecule has 0 aliphatic rings. The van der Waals surface area contributed by atoms with E-state index in [1.54, 1.807) is 19.9 Å². The molecule has 2 aromatic rings. The highest BCUT2D eigenvalue weighted by Crippen LogP contribution is 2.29. The highest BCUT2D eigenvalue weighted by molar-refractivity contribution is 5.93. The number of carbonyl (C=O) groups excluding carboxylic acids is 2. The second kappa shape index (κ2) is 8.26. The van der Waals surface area contributed by atoms with Gasteiger partial charge in [0.05, 0.1) is 11.1 Å². The largest absolute Gasteiger partial charge is 0.416 e. The van der Waals surface area contributed by atoms with Gasteiger partial charge in [-0.15, -0.1) is 6.42 Å². The first-order valence-corrected chi connectivity index (χ1v) is 8.43. The molecule has 0 saturated heterocycles. The summed E-state index contributed by atoms with van der Waals surface area (Å²) in [6.07, 6.45) is 2.37. The highest BCUT2D eigenvalue weighted by atomic mass is 19.4. The fourth-order valence-electron chi connectivity index (χ4n) is 2.42. The molecule has 0 radical (unpaired) electrons. The molecule has 0 fully saturated rings. The monoisotopic (exact) mass is 388 g/mol. The number of pyridine rings is 1. The number of aromatic nitrogens is 1. The zero-order valence-corrected chi connectivity index (χ0v) is 15.4. The van der Waals surface area contributed by atoms with E-state index >= 15 is 0 Å². The van der Waals surface area contributed by atoms with Crippen molar-refractivity contribution >= 4 is 11.7 Å². The Hall–Kier alpha value is -3.14. The van der Waals surface area contributed by atoms with Crippen LogP contribution in [0.1, 0.15) is 41.0 Å². The third-order valence-electron chi connectivity index (χ3n) is 3.93. The summed E-state index contributed by atoms with van der Waals surface area (Å²) < 4.78 is 37.7. The first-order chi connectivity index (χ1) is 13.0. The van der Waals surface area contributed by atoms with Gasteiger partial charge in [-0.1, -0.05) is 18.1 Å². The minimum Gasteiger partial charge on any atom is -0.335 e. The maximum Gasteiger partial charge on any atom is 0.416 e. The molecule has 0 atom stereocenters. The predicted molar refractivity (Wildman–Crippen MR) is 98.5 cm³/mol. The molecule has 0 aliphatic heterocycles. The lowest BCUT2D eigenvalue weighted by atomic mass is 10.0. The zero-order valence-electron chi connectivity index (χ0n) is 15.4. The Balaban J connectivity index is 2.03. The number of amides is 1. The van der Waals surface area contributed by atoms with E-state index in [4.69, 9.17) is 6.42 Å². The number of terminal acetylenes is 1. The Kier molecular flexibility index (Phi) is 6.24. The number of nitrogens with one attached hydrogen (secondary N) is 1. The standard InChI is InChI=1S/C21H19F3N2O2/c1-4-20(2,3)26-19(28)18-13-15(9-10-25-18)12-17(27)11-14-5-7-16(8-6-14)21(22,23)24/h1,5-10,13H,11-12H2,2-3H3,(H,26,28). The Bertz CT molecular complexity index is 910. The number of carbonyl (C=O) groups is 2. The van der Waals surface area contributed by atoms with Crippen molar-refractivity contribution in [1.82, 2.24) is 10.3 Å². The van der Waals surface area contributed by atoms with E-state index in [1.165, 1.54) is 24.4 Å². The van der Waals surface area contributed by atoms with Gasteiger partial charge in [0.15, 0.2) is 0 Å². The second-order valence-electron chi connectivity index (χ2n) is 6.86. The molecule has 0 aliphatic carbocycles. The second-order valence-corrected chi connectivity index (χ2v) is 6.86. The molecule has 0 bridgehead atoms. The van der Waals surface area contributed by atoms with E-state index in [1.807, 2.05) is 0 Å². The number of nitrogens with zero attached hydrogens (tertiary/aromatic N) is 1. The minimum absolute atomic E-state index is 0.00782. The number of hydrogen-bond acceptors (Lipinski definition) is 3. The van der Waals surface area contributed by atoms with Crippen LogP contribution in [0.15, 0.2) is 42.6 Å². The van der Waals surface area contributed by atoms with Crippen molar-refractivity contribution in [3.05, 3.63) is 65.0 Å². The van der Waals surface area contributed by atoms with Crippen LogP contribution in [0.5, 0.6) is 0 Å². The highest BCUT2D eigenvalue weighted by Gasteiger charge is 2.30. The summed E-state index contributed by atoms with van der Waals surface area (Å²) in [7, 11) is 0. The van der Waals surface area contributed by atoms with Crippen molar-refractivity contribution in [1.29, 1.82) is 0 Å². The van der Waals surface area contributed by atoms with Gasteiger partial charge in [-0.3, -0.25) is 14.6 Å². The molecule has 0 spiro atoms. The average Bonchev–Trinajstić information content (AvgIpc) is 2.61. The summed E-state index contributed by atoms with van der Waals surface area (Å²) in [5.41, 5.74) is -0.407. The number of ketones is 1. The quantitative estimate of drug-likeness (QED) is 0.770. The molecule has 1 aromatic heterocycles. The summed E-state index contributed by atoms with van der Waals surface area (Å²) in [6, 6.07) is 7.57. The smallest absolute Gasteiger partial charge is 0.335 e. The van der Waals surface area contributed by atoms with Crippen LogP contribution in [-0.2, 0) is 23.8 Å². The van der Waals surface area contributed by atoms with E-state index in [-0.39, 0.29) is 24.3 Å². The maximum atomic E-state index is 12.6. The SMILES string of the molecule is C#CC(C)(C)NC(=O)c1cc(CC(=O)Cc2ccc(C(F)(F)F)cc2)ccn1. The van der Waals surface area contributed by atoms with Crippen LogP contribution in [0, 0.1) is 12.3 Å². The molecule has 0 saturated carbocycles. The topological polar surface area (TPSA) is 59.1 Å². The Labute approximate surface area is 161 Å². The summed E-state index contributed by atoms with van der Waals surface area (Å²) in [5.74, 6) is 1.79. The summed E-state index contributed by atoms with van der Waals surface area (Å²) in [6.45, 7) is 3.34. The van der Waals surface area contributed by atoms with E-state index in [0.717, 1.165) is 12.1 Å². The molecule has 1 heterocycles. The fraction of sp³-hybridized carbons (Fsp3) is 0.286. The van der Waals surface area contributed by atoms with Gasteiger partial charge in [0.25, 0.3) is 5.91 Å². The van der Waals surface area contributed by atoms with Crippen LogP contribution >= 0.6 is 0 Å². The molecular formula is C21H19F3N2O2. The number of rotatable bonds is 6. The molecule has 1 aromatic carbocycles. The normalized spacial score (nSPS) is 11.6. The molecule has 2 rings (SSSR count). The molecule has 0 unspecified atom stereocenters. The van der Waals surface area contributed by atoms with E-state index < -0.39 is 23.2 Å². The van der Waals surface area contributed by atoms with Gasteiger partial charge >= 0.3 is 6.18 Å². The van der Waals surface area contributed by atoms with E-state index in [9.17, 15) is 22.8 Å².